The van der Waals surface area contributed by atoms with Gasteiger partial charge in [0, 0.05) is 31.9 Å². The fourth-order valence-electron chi connectivity index (χ4n) is 4.17. The average Bonchev–Trinajstić information content (AvgIpc) is 3.27. The highest BCUT2D eigenvalue weighted by molar-refractivity contribution is 5.46. The number of rotatable bonds is 6. The summed E-state index contributed by atoms with van der Waals surface area (Å²) in [5, 5.41) is 12.8. The Bertz CT molecular complexity index is 1000. The van der Waals surface area contributed by atoms with Crippen molar-refractivity contribution in [2.45, 2.75) is 39.3 Å². The number of halogens is 1. The quantitative estimate of drug-likeness (QED) is 0.582. The molecule has 0 N–H and O–H groups in total. The van der Waals surface area contributed by atoms with Crippen LogP contribution in [0.5, 0.6) is 5.75 Å². The van der Waals surface area contributed by atoms with Crippen LogP contribution in [0, 0.1) is 5.82 Å². The minimum atomic E-state index is -0.238. The molecule has 1 atom stereocenters. The Morgan fingerprint density at radius 1 is 0.969 bits per heavy atom. The Balaban J connectivity index is 1.61. The molecule has 8 heteroatoms. The fourth-order valence-corrected chi connectivity index (χ4v) is 4.17. The highest BCUT2D eigenvalue weighted by atomic mass is 19.1. The second-order valence-electron chi connectivity index (χ2n) is 9.02. The van der Waals surface area contributed by atoms with Crippen LogP contribution in [0.4, 0.5) is 10.1 Å². The standard InChI is InChI=1S/C24H31FN6O/c1-5-32-21-12-6-18(7-13-21)22(23-26-27-28-31(23)24(2,3)4)30-16-14-29(15-17-30)20-10-8-19(25)9-11-20/h6-13,22H,5,14-17H2,1-4H3. The molecule has 4 rings (SSSR count). The van der Waals surface area contributed by atoms with Crippen molar-refractivity contribution in [3.05, 3.63) is 65.7 Å². The lowest BCUT2D eigenvalue weighted by Gasteiger charge is -2.40. The van der Waals surface area contributed by atoms with Gasteiger partial charge in [-0.3, -0.25) is 4.90 Å². The largest absolute Gasteiger partial charge is 0.494 e. The summed E-state index contributed by atoms with van der Waals surface area (Å²) in [6.07, 6.45) is 0. The molecule has 32 heavy (non-hydrogen) atoms. The van der Waals surface area contributed by atoms with Crippen molar-refractivity contribution in [3.8, 4) is 5.75 Å². The van der Waals surface area contributed by atoms with Gasteiger partial charge in [-0.15, -0.1) is 5.10 Å². The summed E-state index contributed by atoms with van der Waals surface area (Å²) in [6, 6.07) is 14.9. The Kier molecular flexibility index (Phi) is 6.41. The first-order valence-electron chi connectivity index (χ1n) is 11.1. The molecular formula is C24H31FN6O. The van der Waals surface area contributed by atoms with Gasteiger partial charge >= 0.3 is 0 Å². The first-order chi connectivity index (χ1) is 15.4. The molecule has 2 aromatic carbocycles. The summed E-state index contributed by atoms with van der Waals surface area (Å²) in [5.41, 5.74) is 1.94. The molecule has 3 aromatic rings. The minimum Gasteiger partial charge on any atom is -0.494 e. The predicted molar refractivity (Wildman–Crippen MR) is 122 cm³/mol. The summed E-state index contributed by atoms with van der Waals surface area (Å²) in [5.74, 6) is 1.47. The second kappa shape index (κ2) is 9.24. The zero-order valence-electron chi connectivity index (χ0n) is 19.2. The minimum absolute atomic E-state index is 0.0738. The molecule has 1 aromatic heterocycles. The molecule has 0 saturated carbocycles. The summed E-state index contributed by atoms with van der Waals surface area (Å²) >= 11 is 0. The van der Waals surface area contributed by atoms with E-state index in [0.29, 0.717) is 6.61 Å². The predicted octanol–water partition coefficient (Wildman–Crippen LogP) is 3.88. The first kappa shape index (κ1) is 22.2. The number of aromatic nitrogens is 4. The van der Waals surface area contributed by atoms with Crippen LogP contribution in [0.25, 0.3) is 0 Å². The Morgan fingerprint density at radius 3 is 2.22 bits per heavy atom. The van der Waals surface area contributed by atoms with E-state index in [4.69, 9.17) is 4.74 Å². The second-order valence-corrected chi connectivity index (χ2v) is 9.02. The third kappa shape index (κ3) is 4.75. The maximum Gasteiger partial charge on any atom is 0.173 e. The SMILES string of the molecule is CCOc1ccc(C(c2nnnn2C(C)(C)C)N2CCN(c3ccc(F)cc3)CC2)cc1. The van der Waals surface area contributed by atoms with Crippen LogP contribution in [0.1, 0.15) is 45.1 Å². The van der Waals surface area contributed by atoms with Crippen molar-refractivity contribution >= 4 is 5.69 Å². The van der Waals surface area contributed by atoms with Crippen molar-refractivity contribution in [2.75, 3.05) is 37.7 Å². The van der Waals surface area contributed by atoms with Crippen molar-refractivity contribution in [1.82, 2.24) is 25.1 Å². The Labute approximate surface area is 188 Å². The number of benzene rings is 2. The van der Waals surface area contributed by atoms with Gasteiger partial charge in [0.1, 0.15) is 11.6 Å². The van der Waals surface area contributed by atoms with Crippen molar-refractivity contribution in [3.63, 3.8) is 0 Å². The average molecular weight is 439 g/mol. The highest BCUT2D eigenvalue weighted by Gasteiger charge is 2.33. The van der Waals surface area contributed by atoms with Crippen LogP contribution in [-0.4, -0.2) is 57.9 Å². The summed E-state index contributed by atoms with van der Waals surface area (Å²) in [4.78, 5) is 4.71. The molecule has 0 aliphatic carbocycles. The van der Waals surface area contributed by atoms with E-state index in [0.717, 1.165) is 49.0 Å². The first-order valence-corrected chi connectivity index (χ1v) is 11.1. The van der Waals surface area contributed by atoms with Crippen molar-refractivity contribution in [2.24, 2.45) is 0 Å². The zero-order valence-corrected chi connectivity index (χ0v) is 19.2. The smallest absolute Gasteiger partial charge is 0.173 e. The van der Waals surface area contributed by atoms with Crippen LogP contribution in [-0.2, 0) is 5.54 Å². The zero-order chi connectivity index (χ0) is 22.7. The molecule has 0 radical (unpaired) electrons. The lowest BCUT2D eigenvalue weighted by atomic mass is 10.0. The Morgan fingerprint density at radius 2 is 1.62 bits per heavy atom. The number of piperazine rings is 1. The Hall–Kier alpha value is -3.00. The van der Waals surface area contributed by atoms with E-state index in [9.17, 15) is 4.39 Å². The summed E-state index contributed by atoms with van der Waals surface area (Å²) < 4.78 is 20.9. The molecule has 170 valence electrons. The maximum absolute atomic E-state index is 13.3. The van der Waals surface area contributed by atoms with Gasteiger partial charge in [-0.1, -0.05) is 12.1 Å². The van der Waals surface area contributed by atoms with Gasteiger partial charge in [-0.2, -0.15) is 0 Å². The molecule has 1 unspecified atom stereocenters. The van der Waals surface area contributed by atoms with E-state index < -0.39 is 0 Å². The topological polar surface area (TPSA) is 59.3 Å². The fraction of sp³-hybridized carbons (Fsp3) is 0.458. The third-order valence-corrected chi connectivity index (χ3v) is 5.75. The van der Waals surface area contributed by atoms with Gasteiger partial charge in [0.05, 0.1) is 18.2 Å². The molecule has 0 bridgehead atoms. The van der Waals surface area contributed by atoms with Crippen molar-refractivity contribution < 1.29 is 9.13 Å². The van der Waals surface area contributed by atoms with Gasteiger partial charge in [0.25, 0.3) is 0 Å². The normalized spacial score (nSPS) is 16.2. The van der Waals surface area contributed by atoms with E-state index in [2.05, 4.69) is 58.2 Å². The molecule has 1 saturated heterocycles. The number of ether oxygens (including phenoxy) is 1. The molecule has 1 fully saturated rings. The van der Waals surface area contributed by atoms with Crippen LogP contribution < -0.4 is 9.64 Å². The van der Waals surface area contributed by atoms with E-state index in [-0.39, 0.29) is 17.4 Å². The maximum atomic E-state index is 13.3. The van der Waals surface area contributed by atoms with Crippen LogP contribution >= 0.6 is 0 Å². The highest BCUT2D eigenvalue weighted by Crippen LogP contribution is 2.32. The molecule has 7 nitrogen and oxygen atoms in total. The summed E-state index contributed by atoms with van der Waals surface area (Å²) in [7, 11) is 0. The number of anilines is 1. The molecule has 0 amide bonds. The number of tetrazole rings is 1. The van der Waals surface area contributed by atoms with E-state index in [1.54, 1.807) is 0 Å². The lowest BCUT2D eigenvalue weighted by molar-refractivity contribution is 0.191. The van der Waals surface area contributed by atoms with Gasteiger partial charge in [-0.05, 0) is 80.1 Å². The van der Waals surface area contributed by atoms with E-state index in [1.165, 1.54) is 12.1 Å². The van der Waals surface area contributed by atoms with E-state index in [1.807, 2.05) is 35.9 Å². The van der Waals surface area contributed by atoms with Crippen LogP contribution in [0.15, 0.2) is 48.5 Å². The number of nitrogens with zero attached hydrogens (tertiary/aromatic N) is 6. The van der Waals surface area contributed by atoms with Crippen LogP contribution in [0.2, 0.25) is 0 Å². The van der Waals surface area contributed by atoms with Crippen LogP contribution in [0.3, 0.4) is 0 Å². The van der Waals surface area contributed by atoms with Gasteiger partial charge in [-0.25, -0.2) is 9.07 Å². The molecule has 1 aliphatic rings. The number of hydrogen-bond acceptors (Lipinski definition) is 6. The van der Waals surface area contributed by atoms with E-state index >= 15 is 0 Å². The lowest BCUT2D eigenvalue weighted by Crippen LogP contribution is -2.48. The molecule has 1 aliphatic heterocycles. The number of hydrogen-bond donors (Lipinski definition) is 0. The van der Waals surface area contributed by atoms with Gasteiger partial charge < -0.3 is 9.64 Å². The van der Waals surface area contributed by atoms with Gasteiger partial charge in [0.15, 0.2) is 5.82 Å². The molecule has 2 heterocycles. The molecular weight excluding hydrogens is 407 g/mol. The monoisotopic (exact) mass is 438 g/mol. The third-order valence-electron chi connectivity index (χ3n) is 5.75. The van der Waals surface area contributed by atoms with Gasteiger partial charge in [0.2, 0.25) is 0 Å². The van der Waals surface area contributed by atoms with Crippen molar-refractivity contribution in [1.29, 1.82) is 0 Å². The summed E-state index contributed by atoms with van der Waals surface area (Å²) in [6.45, 7) is 12.3. The molecule has 0 spiro atoms.